The molecule has 96 valence electrons. The Bertz CT molecular complexity index is 355. The van der Waals surface area contributed by atoms with Gasteiger partial charge < -0.3 is 5.32 Å². The van der Waals surface area contributed by atoms with Crippen LogP contribution in [0.4, 0.5) is 0 Å². The minimum Gasteiger partial charge on any atom is -0.314 e. The van der Waals surface area contributed by atoms with Crippen LogP contribution in [0.15, 0.2) is 15.9 Å². The highest BCUT2D eigenvalue weighted by molar-refractivity contribution is 9.10. The summed E-state index contributed by atoms with van der Waals surface area (Å²) < 4.78 is 1.29. The van der Waals surface area contributed by atoms with Gasteiger partial charge in [0.15, 0.2) is 0 Å². The number of nitrogens with one attached hydrogen (secondary N) is 1. The molecule has 0 radical (unpaired) electrons. The summed E-state index contributed by atoms with van der Waals surface area (Å²) in [5, 5.41) is 5.78. The second kappa shape index (κ2) is 5.85. The van der Waals surface area contributed by atoms with E-state index in [-0.39, 0.29) is 0 Å². The molecule has 1 aromatic heterocycles. The monoisotopic (exact) mass is 315 g/mol. The summed E-state index contributed by atoms with van der Waals surface area (Å²) in [4.78, 5) is 1.49. The van der Waals surface area contributed by atoms with E-state index in [1.165, 1.54) is 48.0 Å². The Morgan fingerprint density at radius 3 is 2.76 bits per heavy atom. The Balaban J connectivity index is 1.70. The van der Waals surface area contributed by atoms with Gasteiger partial charge in [-0.05, 0) is 71.4 Å². The first-order valence-electron chi connectivity index (χ1n) is 6.52. The number of rotatable bonds is 7. The Hall–Kier alpha value is 0.140. The molecule has 0 atom stereocenters. The van der Waals surface area contributed by atoms with E-state index in [1.54, 1.807) is 0 Å². The highest BCUT2D eigenvalue weighted by Gasteiger charge is 2.23. The molecule has 0 aliphatic heterocycles. The molecular weight excluding hydrogens is 294 g/mol. The Morgan fingerprint density at radius 1 is 1.41 bits per heavy atom. The maximum absolute atomic E-state index is 3.61. The molecule has 0 amide bonds. The van der Waals surface area contributed by atoms with E-state index in [1.807, 2.05) is 11.3 Å². The molecule has 2 rings (SSSR count). The topological polar surface area (TPSA) is 12.0 Å². The van der Waals surface area contributed by atoms with Gasteiger partial charge in [-0.15, -0.1) is 11.3 Å². The molecule has 1 aromatic rings. The van der Waals surface area contributed by atoms with E-state index in [0.29, 0.717) is 5.41 Å². The number of aryl methyl sites for hydroxylation is 1. The van der Waals surface area contributed by atoms with Crippen molar-refractivity contribution in [3.8, 4) is 0 Å². The molecule has 0 unspecified atom stereocenters. The van der Waals surface area contributed by atoms with Crippen molar-refractivity contribution in [3.63, 3.8) is 0 Å². The molecule has 1 heterocycles. The van der Waals surface area contributed by atoms with E-state index in [2.05, 4.69) is 46.5 Å². The Morgan fingerprint density at radius 2 is 2.18 bits per heavy atom. The molecule has 0 spiro atoms. The summed E-state index contributed by atoms with van der Waals surface area (Å²) in [7, 11) is 0. The van der Waals surface area contributed by atoms with Crippen molar-refractivity contribution in [2.24, 2.45) is 5.41 Å². The standard InChI is InChI=1S/C14H22BrNS/c1-14(2,8-9-16-11-3-4-11)7-5-13-12(15)6-10-17-13/h6,10-11,16H,3-5,7-9H2,1-2H3. The third-order valence-electron chi connectivity index (χ3n) is 3.53. The van der Waals surface area contributed by atoms with Crippen LogP contribution in [0.25, 0.3) is 0 Å². The lowest BCUT2D eigenvalue weighted by Gasteiger charge is -2.24. The van der Waals surface area contributed by atoms with Gasteiger partial charge in [-0.25, -0.2) is 0 Å². The normalized spacial score (nSPS) is 16.4. The maximum Gasteiger partial charge on any atom is 0.0314 e. The zero-order valence-corrected chi connectivity index (χ0v) is 13.2. The fourth-order valence-electron chi connectivity index (χ4n) is 1.98. The van der Waals surface area contributed by atoms with Crippen molar-refractivity contribution in [2.75, 3.05) is 6.54 Å². The van der Waals surface area contributed by atoms with E-state index >= 15 is 0 Å². The van der Waals surface area contributed by atoms with Crippen LogP contribution in [0, 0.1) is 5.41 Å². The van der Waals surface area contributed by atoms with E-state index in [0.717, 1.165) is 6.04 Å². The first-order chi connectivity index (χ1) is 8.07. The molecule has 0 saturated heterocycles. The predicted molar refractivity (Wildman–Crippen MR) is 79.8 cm³/mol. The second-order valence-electron chi connectivity index (χ2n) is 5.83. The summed E-state index contributed by atoms with van der Waals surface area (Å²) in [5.74, 6) is 0. The van der Waals surface area contributed by atoms with Gasteiger partial charge in [0.25, 0.3) is 0 Å². The van der Waals surface area contributed by atoms with E-state index in [4.69, 9.17) is 0 Å². The quantitative estimate of drug-likeness (QED) is 0.774. The van der Waals surface area contributed by atoms with Crippen LogP contribution < -0.4 is 5.32 Å². The van der Waals surface area contributed by atoms with Crippen molar-refractivity contribution >= 4 is 27.3 Å². The van der Waals surface area contributed by atoms with Crippen molar-refractivity contribution in [1.29, 1.82) is 0 Å². The molecule has 17 heavy (non-hydrogen) atoms. The Kier molecular flexibility index (Phi) is 4.67. The Labute approximate surface area is 117 Å². The molecule has 1 saturated carbocycles. The van der Waals surface area contributed by atoms with Crippen molar-refractivity contribution < 1.29 is 0 Å². The van der Waals surface area contributed by atoms with Crippen LogP contribution in [-0.4, -0.2) is 12.6 Å². The van der Waals surface area contributed by atoms with Crippen LogP contribution >= 0.6 is 27.3 Å². The average molecular weight is 316 g/mol. The van der Waals surface area contributed by atoms with Gasteiger partial charge in [0.05, 0.1) is 0 Å². The number of halogens is 1. The van der Waals surface area contributed by atoms with Crippen molar-refractivity contribution in [1.82, 2.24) is 5.32 Å². The first kappa shape index (κ1) is 13.6. The van der Waals surface area contributed by atoms with Crippen LogP contribution in [0.3, 0.4) is 0 Å². The highest BCUT2D eigenvalue weighted by Crippen LogP contribution is 2.31. The minimum absolute atomic E-state index is 0.450. The molecule has 1 aliphatic rings. The first-order valence-corrected chi connectivity index (χ1v) is 8.19. The molecule has 0 bridgehead atoms. The predicted octanol–water partition coefficient (Wildman–Crippen LogP) is 4.61. The molecular formula is C14H22BrNS. The van der Waals surface area contributed by atoms with E-state index < -0.39 is 0 Å². The zero-order chi connectivity index (χ0) is 12.3. The van der Waals surface area contributed by atoms with Crippen LogP contribution in [0.5, 0.6) is 0 Å². The molecule has 1 fully saturated rings. The fraction of sp³-hybridized carbons (Fsp3) is 0.714. The number of hydrogen-bond donors (Lipinski definition) is 1. The summed E-state index contributed by atoms with van der Waals surface area (Å²) in [5.41, 5.74) is 0.450. The largest absolute Gasteiger partial charge is 0.314 e. The molecule has 0 aromatic carbocycles. The third kappa shape index (κ3) is 4.72. The summed E-state index contributed by atoms with van der Waals surface area (Å²) >= 11 is 5.48. The highest BCUT2D eigenvalue weighted by atomic mass is 79.9. The van der Waals surface area contributed by atoms with Crippen molar-refractivity contribution in [2.45, 2.75) is 52.0 Å². The zero-order valence-electron chi connectivity index (χ0n) is 10.8. The number of hydrogen-bond acceptors (Lipinski definition) is 2. The maximum atomic E-state index is 3.61. The average Bonchev–Trinajstić information content (AvgIpc) is 2.98. The summed E-state index contributed by atoms with van der Waals surface area (Å²) in [6.45, 7) is 5.97. The van der Waals surface area contributed by atoms with Crippen molar-refractivity contribution in [3.05, 3.63) is 20.8 Å². The van der Waals surface area contributed by atoms with Gasteiger partial charge in [-0.3, -0.25) is 0 Å². The molecule has 3 heteroatoms. The van der Waals surface area contributed by atoms with Gasteiger partial charge in [0.1, 0.15) is 0 Å². The fourth-order valence-corrected chi connectivity index (χ4v) is 3.54. The second-order valence-corrected chi connectivity index (χ2v) is 7.69. The lowest BCUT2D eigenvalue weighted by Crippen LogP contribution is -2.24. The molecule has 1 aliphatic carbocycles. The third-order valence-corrected chi connectivity index (χ3v) is 5.52. The van der Waals surface area contributed by atoms with Crippen LogP contribution in [0.2, 0.25) is 0 Å². The summed E-state index contributed by atoms with van der Waals surface area (Å²) in [6, 6.07) is 3.00. The van der Waals surface area contributed by atoms with Gasteiger partial charge in [0.2, 0.25) is 0 Å². The minimum atomic E-state index is 0.450. The smallest absolute Gasteiger partial charge is 0.0314 e. The SMILES string of the molecule is CC(C)(CCNC1CC1)CCc1sccc1Br. The van der Waals surface area contributed by atoms with E-state index in [9.17, 15) is 0 Å². The summed E-state index contributed by atoms with van der Waals surface area (Å²) in [6.07, 6.45) is 6.55. The lowest BCUT2D eigenvalue weighted by atomic mass is 9.84. The van der Waals surface area contributed by atoms with Crippen LogP contribution in [-0.2, 0) is 6.42 Å². The molecule has 1 nitrogen and oxygen atoms in total. The molecule has 1 N–H and O–H groups in total. The van der Waals surface area contributed by atoms with Gasteiger partial charge >= 0.3 is 0 Å². The number of thiophene rings is 1. The van der Waals surface area contributed by atoms with Gasteiger partial charge in [-0.1, -0.05) is 13.8 Å². The lowest BCUT2D eigenvalue weighted by molar-refractivity contribution is 0.302. The van der Waals surface area contributed by atoms with Gasteiger partial charge in [0, 0.05) is 15.4 Å². The van der Waals surface area contributed by atoms with Crippen LogP contribution in [0.1, 0.15) is 44.4 Å². The van der Waals surface area contributed by atoms with Gasteiger partial charge in [-0.2, -0.15) is 0 Å².